The second-order valence-electron chi connectivity index (χ2n) is 5.98. The first-order valence-corrected chi connectivity index (χ1v) is 8.23. The molecule has 136 valence electrons. The summed E-state index contributed by atoms with van der Waals surface area (Å²) in [5, 5.41) is 3.91. The zero-order chi connectivity index (χ0) is 18.7. The number of ketones is 3. The van der Waals surface area contributed by atoms with Gasteiger partial charge in [-0.2, -0.15) is 0 Å². The van der Waals surface area contributed by atoms with E-state index in [0.29, 0.717) is 19.4 Å². The molecule has 0 aliphatic rings. The third kappa shape index (κ3) is 12.8. The monoisotopic (exact) mass is 431 g/mol. The summed E-state index contributed by atoms with van der Waals surface area (Å²) in [5.74, 6) is -0.487. The molecule has 0 radical (unpaired) electrons. The summed E-state index contributed by atoms with van der Waals surface area (Å²) >= 11 is 0. The summed E-state index contributed by atoms with van der Waals surface area (Å²) in [4.78, 5) is 44.8. The van der Waals surface area contributed by atoms with E-state index >= 15 is 0 Å². The van der Waals surface area contributed by atoms with Gasteiger partial charge in [0, 0.05) is 19.4 Å². The summed E-state index contributed by atoms with van der Waals surface area (Å²) in [5.41, 5.74) is 1.68. The molecule has 1 rings (SSSR count). The molecule has 0 aromatic heterocycles. The number of amides is 1. The molecule has 6 nitrogen and oxygen atoms in total. The number of nitrogens with zero attached hydrogens (tertiary/aromatic N) is 1. The van der Waals surface area contributed by atoms with Crippen molar-refractivity contribution >= 4 is 23.3 Å². The van der Waals surface area contributed by atoms with Crippen LogP contribution in [0.25, 0.3) is 5.32 Å². The average Bonchev–Trinajstić information content (AvgIpc) is 2.52. The van der Waals surface area contributed by atoms with Crippen molar-refractivity contribution in [3.05, 3.63) is 40.7 Å². The number of carbonyl (C=O) groups excluding carboxylic acids is 4. The van der Waals surface area contributed by atoms with E-state index in [9.17, 15) is 19.2 Å². The Hall–Kier alpha value is -0.535. The van der Waals surface area contributed by atoms with Crippen LogP contribution in [0.15, 0.2) is 24.3 Å². The Balaban J connectivity index is 0.00000625. The summed E-state index contributed by atoms with van der Waals surface area (Å²) in [7, 11) is 0. The number of benzene rings is 1. The first-order valence-electron chi connectivity index (χ1n) is 8.23. The Labute approximate surface area is 203 Å². The quantitative estimate of drug-likeness (QED) is 0.331. The van der Waals surface area contributed by atoms with E-state index in [1.165, 1.54) is 13.8 Å². The minimum atomic E-state index is -0.344. The van der Waals surface area contributed by atoms with Crippen LogP contribution in [0.4, 0.5) is 0 Å². The standard InChI is InChI=1S/C19H25NO5.Rb/c1-14(21)4-3-9-25-13-19(24)20-12-17-7-5-16(6-8-17)11-18(23)10-15(2)22;/h5-8H,3-4,9-13H2,1-2H3,(H,20,24);/q;+1/p-1. The molecule has 0 unspecified atom stereocenters. The second kappa shape index (κ2) is 14.5. The molecule has 7 heteroatoms. The fraction of sp³-hybridized carbons (Fsp3) is 0.474. The van der Waals surface area contributed by atoms with Crippen molar-refractivity contribution in [2.24, 2.45) is 0 Å². The van der Waals surface area contributed by atoms with Gasteiger partial charge in [-0.1, -0.05) is 29.8 Å². The van der Waals surface area contributed by atoms with Crippen molar-refractivity contribution in [2.45, 2.75) is 46.1 Å². The van der Waals surface area contributed by atoms with Crippen LogP contribution in [0, 0.1) is 0 Å². The molecule has 0 atom stereocenters. The molecule has 0 aliphatic carbocycles. The third-order valence-electron chi connectivity index (χ3n) is 3.35. The maximum Gasteiger partial charge on any atom is 1.00 e. The molecule has 0 spiro atoms. The van der Waals surface area contributed by atoms with E-state index in [4.69, 9.17) is 4.74 Å². The molecule has 26 heavy (non-hydrogen) atoms. The largest absolute Gasteiger partial charge is 1.00 e. The molecule has 0 heterocycles. The minimum Gasteiger partial charge on any atom is -0.648 e. The SMILES string of the molecule is CC(=O)CCCOCC(=O)[N-]Cc1ccc(CC(=O)CC(C)=O)cc1.[Rb+]. The number of ether oxygens (including phenoxy) is 1. The smallest absolute Gasteiger partial charge is 0.648 e. The van der Waals surface area contributed by atoms with Gasteiger partial charge in [0.25, 0.3) is 0 Å². The van der Waals surface area contributed by atoms with Crippen LogP contribution in [0.3, 0.4) is 0 Å². The maximum absolute atomic E-state index is 11.6. The van der Waals surface area contributed by atoms with Crippen molar-refractivity contribution in [1.82, 2.24) is 0 Å². The first-order chi connectivity index (χ1) is 11.9. The molecule has 0 bridgehead atoms. The molecular formula is C19H24NO5Rb. The third-order valence-corrected chi connectivity index (χ3v) is 3.35. The van der Waals surface area contributed by atoms with Gasteiger partial charge in [-0.15, -0.1) is 6.54 Å². The van der Waals surface area contributed by atoms with Gasteiger partial charge in [0.2, 0.25) is 0 Å². The minimum absolute atomic E-state index is 0. The van der Waals surface area contributed by atoms with Gasteiger partial charge in [-0.25, -0.2) is 0 Å². The molecule has 0 N–H and O–H groups in total. The molecular weight excluding hydrogens is 408 g/mol. The summed E-state index contributed by atoms with van der Waals surface area (Å²) in [6.45, 7) is 3.44. The van der Waals surface area contributed by atoms with E-state index in [1.54, 1.807) is 24.3 Å². The fourth-order valence-electron chi connectivity index (χ4n) is 2.14. The van der Waals surface area contributed by atoms with Crippen molar-refractivity contribution in [2.75, 3.05) is 13.2 Å². The van der Waals surface area contributed by atoms with Gasteiger partial charge in [-0.3, -0.25) is 9.59 Å². The Morgan fingerprint density at radius 2 is 1.58 bits per heavy atom. The van der Waals surface area contributed by atoms with Gasteiger partial charge in [0.1, 0.15) is 17.3 Å². The summed E-state index contributed by atoms with van der Waals surface area (Å²) < 4.78 is 5.17. The normalized spacial score (nSPS) is 9.92. The molecule has 0 aliphatic heterocycles. The Morgan fingerprint density at radius 1 is 0.962 bits per heavy atom. The Bertz CT molecular complexity index is 613. The molecule has 1 aromatic carbocycles. The predicted molar refractivity (Wildman–Crippen MR) is 93.3 cm³/mol. The molecule has 1 aromatic rings. The van der Waals surface area contributed by atoms with Crippen LogP contribution in [0.1, 0.15) is 44.2 Å². The predicted octanol–water partition coefficient (Wildman–Crippen LogP) is -0.433. The summed E-state index contributed by atoms with van der Waals surface area (Å²) in [6.07, 6.45) is 1.24. The van der Waals surface area contributed by atoms with E-state index in [0.717, 1.165) is 11.1 Å². The Morgan fingerprint density at radius 3 is 2.15 bits per heavy atom. The molecule has 0 saturated heterocycles. The second-order valence-corrected chi connectivity index (χ2v) is 5.98. The first kappa shape index (κ1) is 25.5. The fourth-order valence-corrected chi connectivity index (χ4v) is 2.14. The van der Waals surface area contributed by atoms with Crippen molar-refractivity contribution in [1.29, 1.82) is 0 Å². The summed E-state index contributed by atoms with van der Waals surface area (Å²) in [6, 6.07) is 7.21. The van der Waals surface area contributed by atoms with Crippen molar-refractivity contribution in [3.63, 3.8) is 0 Å². The van der Waals surface area contributed by atoms with E-state index < -0.39 is 0 Å². The van der Waals surface area contributed by atoms with E-state index in [2.05, 4.69) is 5.32 Å². The Kier molecular flexibility index (Phi) is 14.2. The van der Waals surface area contributed by atoms with E-state index in [-0.39, 0.29) is 107 Å². The van der Waals surface area contributed by atoms with Gasteiger partial charge in [-0.05, 0) is 25.8 Å². The molecule has 1 amide bonds. The topological polar surface area (TPSA) is 91.6 Å². The number of hydrogen-bond acceptors (Lipinski definition) is 5. The average molecular weight is 432 g/mol. The van der Waals surface area contributed by atoms with E-state index in [1.807, 2.05) is 0 Å². The van der Waals surface area contributed by atoms with Crippen LogP contribution in [0.5, 0.6) is 0 Å². The number of carbonyl (C=O) groups is 4. The van der Waals surface area contributed by atoms with Crippen LogP contribution in [0.2, 0.25) is 0 Å². The molecule has 0 fully saturated rings. The van der Waals surface area contributed by atoms with Crippen LogP contribution < -0.4 is 58.2 Å². The number of hydrogen-bond donors (Lipinski definition) is 0. The maximum atomic E-state index is 11.6. The van der Waals surface area contributed by atoms with Crippen LogP contribution in [-0.4, -0.2) is 36.5 Å². The van der Waals surface area contributed by atoms with Crippen LogP contribution in [-0.2, 0) is 36.9 Å². The zero-order valence-corrected chi connectivity index (χ0v) is 20.7. The van der Waals surface area contributed by atoms with Crippen LogP contribution >= 0.6 is 0 Å². The van der Waals surface area contributed by atoms with Crippen molar-refractivity contribution in [3.8, 4) is 0 Å². The van der Waals surface area contributed by atoms with Gasteiger partial charge in [0.05, 0.1) is 18.9 Å². The van der Waals surface area contributed by atoms with Gasteiger partial charge >= 0.3 is 58.2 Å². The number of rotatable bonds is 12. The van der Waals surface area contributed by atoms with Crippen molar-refractivity contribution < 1.29 is 82.1 Å². The zero-order valence-electron chi connectivity index (χ0n) is 15.7. The molecule has 0 saturated carbocycles. The van der Waals surface area contributed by atoms with Gasteiger partial charge in [0.15, 0.2) is 0 Å². The van der Waals surface area contributed by atoms with Gasteiger partial charge < -0.3 is 19.6 Å². The number of Topliss-reactive ketones (excluding diaryl/α,β-unsaturated/α-hetero) is 3.